The predicted octanol–water partition coefficient (Wildman–Crippen LogP) is 10.3. The number of allylic oxidation sites excluding steroid dienone is 1. The zero-order chi connectivity index (χ0) is 24.8. The Morgan fingerprint density at radius 1 is 0.541 bits per heavy atom. The molecule has 0 saturated carbocycles. The maximum Gasteiger partial charge on any atom is -0.00295 e. The molecule has 1 aliphatic carbocycles. The molecule has 0 N–H and O–H groups in total. The zero-order valence-corrected chi connectivity index (χ0v) is 21.0. The lowest BCUT2D eigenvalue weighted by Crippen LogP contribution is -2.02. The van der Waals surface area contributed by atoms with Crippen molar-refractivity contribution >= 4 is 27.6 Å². The van der Waals surface area contributed by atoms with Crippen molar-refractivity contribution in [2.75, 3.05) is 0 Å². The van der Waals surface area contributed by atoms with Crippen LogP contribution in [0.2, 0.25) is 0 Å². The first kappa shape index (κ1) is 21.8. The molecule has 37 heavy (non-hydrogen) atoms. The third kappa shape index (κ3) is 3.69. The van der Waals surface area contributed by atoms with Crippen molar-refractivity contribution < 1.29 is 0 Å². The van der Waals surface area contributed by atoms with Gasteiger partial charge in [-0.1, -0.05) is 127 Å². The van der Waals surface area contributed by atoms with E-state index in [9.17, 15) is 0 Å². The van der Waals surface area contributed by atoms with Crippen LogP contribution in [0.4, 0.5) is 0 Å². The first-order valence-electron chi connectivity index (χ1n) is 13.2. The molecule has 0 spiro atoms. The van der Waals surface area contributed by atoms with Gasteiger partial charge in [-0.05, 0) is 91.9 Å². The molecule has 6 aromatic rings. The van der Waals surface area contributed by atoms with E-state index < -0.39 is 0 Å². The van der Waals surface area contributed by atoms with Crippen LogP contribution in [0, 0.1) is 6.92 Å². The lowest BCUT2D eigenvalue weighted by atomic mass is 9.80. The molecule has 176 valence electrons. The molecule has 0 bridgehead atoms. The van der Waals surface area contributed by atoms with Crippen molar-refractivity contribution in [3.8, 4) is 33.4 Å². The summed E-state index contributed by atoms with van der Waals surface area (Å²) in [5, 5.41) is 5.23. The highest BCUT2D eigenvalue weighted by Gasteiger charge is 2.21. The van der Waals surface area contributed by atoms with E-state index in [2.05, 4.69) is 134 Å². The Morgan fingerprint density at radius 2 is 1.27 bits per heavy atom. The Labute approximate surface area is 218 Å². The largest absolute Gasteiger partial charge is 0.0836 e. The average Bonchev–Trinajstić information content (AvgIpc) is 2.96. The van der Waals surface area contributed by atoms with Crippen molar-refractivity contribution in [2.24, 2.45) is 0 Å². The minimum atomic E-state index is 1.07. The van der Waals surface area contributed by atoms with Gasteiger partial charge in [0.05, 0.1) is 0 Å². The van der Waals surface area contributed by atoms with Crippen LogP contribution in [-0.4, -0.2) is 0 Å². The van der Waals surface area contributed by atoms with Crippen LogP contribution in [0.25, 0.3) is 61.0 Å². The summed E-state index contributed by atoms with van der Waals surface area (Å²) in [6, 6.07) is 42.4. The first-order chi connectivity index (χ1) is 18.3. The van der Waals surface area contributed by atoms with Crippen LogP contribution in [0.15, 0.2) is 121 Å². The molecule has 7 rings (SSSR count). The molecule has 6 aromatic carbocycles. The predicted molar refractivity (Wildman–Crippen MR) is 160 cm³/mol. The molecule has 0 heteroatoms. The molecule has 0 aromatic heterocycles. The molecule has 0 aliphatic heterocycles. The number of fused-ring (bicyclic) bond motifs is 3. The summed E-state index contributed by atoms with van der Waals surface area (Å²) >= 11 is 0. The maximum absolute atomic E-state index is 2.41. The summed E-state index contributed by atoms with van der Waals surface area (Å²) in [4.78, 5) is 0. The van der Waals surface area contributed by atoms with Crippen LogP contribution < -0.4 is 0 Å². The van der Waals surface area contributed by atoms with Gasteiger partial charge < -0.3 is 0 Å². The average molecular weight is 473 g/mol. The lowest BCUT2D eigenvalue weighted by Gasteiger charge is -2.24. The monoisotopic (exact) mass is 472 g/mol. The minimum Gasteiger partial charge on any atom is -0.0836 e. The van der Waals surface area contributed by atoms with Crippen LogP contribution in [-0.2, 0) is 6.42 Å². The Balaban J connectivity index is 1.55. The van der Waals surface area contributed by atoms with Gasteiger partial charge in [0.2, 0.25) is 0 Å². The number of hydrogen-bond donors (Lipinski definition) is 0. The van der Waals surface area contributed by atoms with Gasteiger partial charge in [-0.3, -0.25) is 0 Å². The number of aryl methyl sites for hydroxylation is 1. The maximum atomic E-state index is 2.41. The van der Waals surface area contributed by atoms with E-state index >= 15 is 0 Å². The van der Waals surface area contributed by atoms with Gasteiger partial charge >= 0.3 is 0 Å². The van der Waals surface area contributed by atoms with Crippen LogP contribution in [0.3, 0.4) is 0 Å². The smallest absolute Gasteiger partial charge is 0.00295 e. The van der Waals surface area contributed by atoms with Crippen molar-refractivity contribution in [1.82, 2.24) is 0 Å². The number of hydrogen-bond acceptors (Lipinski definition) is 0. The Hall–Kier alpha value is -4.42. The van der Waals surface area contributed by atoms with Crippen molar-refractivity contribution in [2.45, 2.75) is 19.8 Å². The van der Waals surface area contributed by atoms with E-state index in [0.717, 1.165) is 12.8 Å². The molecule has 0 heterocycles. The molecule has 0 nitrogen and oxygen atoms in total. The van der Waals surface area contributed by atoms with Gasteiger partial charge in [0.25, 0.3) is 0 Å². The van der Waals surface area contributed by atoms with Gasteiger partial charge in [-0.2, -0.15) is 0 Å². The van der Waals surface area contributed by atoms with E-state index in [1.54, 1.807) is 0 Å². The molecule has 0 saturated heterocycles. The first-order valence-corrected chi connectivity index (χ1v) is 13.2. The van der Waals surface area contributed by atoms with Gasteiger partial charge in [0.1, 0.15) is 0 Å². The molecule has 0 amide bonds. The Kier molecular flexibility index (Phi) is 5.26. The highest BCUT2D eigenvalue weighted by atomic mass is 14.2. The second-order valence-corrected chi connectivity index (χ2v) is 10.1. The fourth-order valence-corrected chi connectivity index (χ4v) is 6.04. The summed E-state index contributed by atoms with van der Waals surface area (Å²) in [7, 11) is 0. The summed E-state index contributed by atoms with van der Waals surface area (Å²) in [6.07, 6.45) is 6.86. The fourth-order valence-electron chi connectivity index (χ4n) is 6.04. The summed E-state index contributed by atoms with van der Waals surface area (Å²) in [6.45, 7) is 2.16. The SMILES string of the molecule is Cc1ccc(-c2c3c(c(-c4ccc5cccc(-c6ccccc6)c5c4)c4ccccc24)C=CCC3)cc1. The molecule has 0 unspecified atom stereocenters. The molecular weight excluding hydrogens is 444 g/mol. The van der Waals surface area contributed by atoms with Crippen molar-refractivity contribution in [1.29, 1.82) is 0 Å². The van der Waals surface area contributed by atoms with Gasteiger partial charge in [-0.15, -0.1) is 0 Å². The fraction of sp³-hybridized carbons (Fsp3) is 0.0811. The second-order valence-electron chi connectivity index (χ2n) is 10.1. The lowest BCUT2D eigenvalue weighted by molar-refractivity contribution is 0.991. The van der Waals surface area contributed by atoms with Crippen LogP contribution in [0.5, 0.6) is 0 Å². The Morgan fingerprint density at radius 3 is 2.08 bits per heavy atom. The van der Waals surface area contributed by atoms with E-state index in [-0.39, 0.29) is 0 Å². The highest BCUT2D eigenvalue weighted by Crippen LogP contribution is 2.45. The summed E-state index contributed by atoms with van der Waals surface area (Å²) < 4.78 is 0. The molecule has 0 atom stereocenters. The minimum absolute atomic E-state index is 1.07. The highest BCUT2D eigenvalue weighted by molar-refractivity contribution is 6.11. The van der Waals surface area contributed by atoms with Gasteiger partial charge in [0, 0.05) is 0 Å². The van der Waals surface area contributed by atoms with E-state index in [1.165, 1.54) is 71.6 Å². The molecular formula is C37H28. The standard InChI is InChI=1S/C37H28/c1-25-18-20-28(21-19-25)36-31-13-5-7-15-33(31)37(34-16-8-6-14-32(34)36)29-23-22-27-12-9-17-30(35(27)24-29)26-10-3-2-4-11-26/h2-5,7-13,15-24H,6,14H2,1H3. The zero-order valence-electron chi connectivity index (χ0n) is 21.0. The number of benzene rings is 6. The summed E-state index contributed by atoms with van der Waals surface area (Å²) in [5.74, 6) is 0. The van der Waals surface area contributed by atoms with E-state index in [4.69, 9.17) is 0 Å². The molecule has 1 aliphatic rings. The third-order valence-corrected chi connectivity index (χ3v) is 7.80. The third-order valence-electron chi connectivity index (χ3n) is 7.80. The molecule has 0 radical (unpaired) electrons. The van der Waals surface area contributed by atoms with E-state index in [0.29, 0.717) is 0 Å². The topological polar surface area (TPSA) is 0 Å². The van der Waals surface area contributed by atoms with Crippen molar-refractivity contribution in [3.05, 3.63) is 138 Å². The quantitative estimate of drug-likeness (QED) is 0.240. The van der Waals surface area contributed by atoms with Crippen LogP contribution in [0.1, 0.15) is 23.1 Å². The number of rotatable bonds is 3. The van der Waals surface area contributed by atoms with E-state index in [1.807, 2.05) is 0 Å². The normalized spacial score (nSPS) is 12.7. The van der Waals surface area contributed by atoms with Gasteiger partial charge in [0.15, 0.2) is 0 Å². The van der Waals surface area contributed by atoms with Crippen molar-refractivity contribution in [3.63, 3.8) is 0 Å². The van der Waals surface area contributed by atoms with Gasteiger partial charge in [-0.25, -0.2) is 0 Å². The summed E-state index contributed by atoms with van der Waals surface area (Å²) in [5.41, 5.74) is 12.0. The second kappa shape index (κ2) is 8.91. The Bertz CT molecular complexity index is 1800. The van der Waals surface area contributed by atoms with Crippen LogP contribution >= 0.6 is 0 Å². The molecule has 0 fully saturated rings.